The zero-order chi connectivity index (χ0) is 15.0. The van der Waals surface area contributed by atoms with Crippen LogP contribution in [0.4, 0.5) is 5.69 Å². The predicted molar refractivity (Wildman–Crippen MR) is 82.2 cm³/mol. The van der Waals surface area contributed by atoms with Crippen molar-refractivity contribution in [2.75, 3.05) is 12.3 Å². The molecule has 6 nitrogen and oxygen atoms in total. The molecule has 0 spiro atoms. The van der Waals surface area contributed by atoms with E-state index in [0.717, 1.165) is 41.6 Å². The Morgan fingerprint density at radius 1 is 1.33 bits per heavy atom. The molecule has 0 bridgehead atoms. The van der Waals surface area contributed by atoms with Crippen LogP contribution >= 0.6 is 11.3 Å². The van der Waals surface area contributed by atoms with Crippen molar-refractivity contribution in [2.45, 2.75) is 25.7 Å². The smallest absolute Gasteiger partial charge is 0.264 e. The zero-order valence-corrected chi connectivity index (χ0v) is 12.3. The molecule has 2 aromatic rings. The number of hydrogen-bond donors (Lipinski definition) is 3. The molecule has 110 valence electrons. The lowest BCUT2D eigenvalue weighted by atomic mass is 9.95. The maximum atomic E-state index is 12.0. The summed E-state index contributed by atoms with van der Waals surface area (Å²) in [5.74, 6) is -0.969. The highest BCUT2D eigenvalue weighted by Crippen LogP contribution is 2.35. The Kier molecular flexibility index (Phi) is 3.50. The second kappa shape index (κ2) is 5.33. The maximum absolute atomic E-state index is 12.0. The summed E-state index contributed by atoms with van der Waals surface area (Å²) in [6.45, 7) is -0.198. The van der Waals surface area contributed by atoms with Gasteiger partial charge in [-0.2, -0.15) is 0 Å². The minimum absolute atomic E-state index is 0.198. The summed E-state index contributed by atoms with van der Waals surface area (Å²) < 4.78 is 0. The number of carbonyl (C=O) groups excluding carboxylic acids is 2. The lowest BCUT2D eigenvalue weighted by molar-refractivity contribution is -0.117. The molecule has 0 aromatic carbocycles. The van der Waals surface area contributed by atoms with Gasteiger partial charge in [0.25, 0.3) is 5.91 Å². The Morgan fingerprint density at radius 2 is 2.10 bits per heavy atom. The normalized spacial score (nSPS) is 13.9. The number of carbonyl (C=O) groups is 2. The second-order valence-electron chi connectivity index (χ2n) is 5.15. The number of primary amides is 1. The van der Waals surface area contributed by atoms with Crippen LogP contribution in [-0.2, 0) is 17.6 Å². The van der Waals surface area contributed by atoms with E-state index >= 15 is 0 Å². The Hall–Kier alpha value is -2.15. The second-order valence-corrected chi connectivity index (χ2v) is 6.15. The van der Waals surface area contributed by atoms with Gasteiger partial charge in [0.2, 0.25) is 5.91 Å². The van der Waals surface area contributed by atoms with Crippen molar-refractivity contribution in [1.82, 2.24) is 10.3 Å². The van der Waals surface area contributed by atoms with Gasteiger partial charge in [0.05, 0.1) is 12.2 Å². The van der Waals surface area contributed by atoms with Crippen LogP contribution in [0, 0.1) is 0 Å². The number of nitrogens with zero attached hydrogens (tertiary/aromatic N) is 1. The monoisotopic (exact) mass is 304 g/mol. The Labute approximate surface area is 125 Å². The lowest BCUT2D eigenvalue weighted by Gasteiger charge is -2.14. The van der Waals surface area contributed by atoms with Crippen LogP contribution in [-0.4, -0.2) is 23.3 Å². The van der Waals surface area contributed by atoms with Gasteiger partial charge in [-0.1, -0.05) is 0 Å². The number of hydrogen-bond acceptors (Lipinski definition) is 5. The third-order valence-electron chi connectivity index (χ3n) is 3.63. The third kappa shape index (κ3) is 2.56. The van der Waals surface area contributed by atoms with Crippen LogP contribution in [0.5, 0.6) is 0 Å². The molecule has 1 aliphatic carbocycles. The van der Waals surface area contributed by atoms with E-state index in [1.165, 1.54) is 16.9 Å². The molecule has 0 atom stereocenters. The molecule has 0 fully saturated rings. The number of aryl methyl sites for hydroxylation is 2. The third-order valence-corrected chi connectivity index (χ3v) is 4.74. The molecule has 0 unspecified atom stereocenters. The number of anilines is 1. The Balaban J connectivity index is 1.99. The van der Waals surface area contributed by atoms with Crippen molar-refractivity contribution in [3.63, 3.8) is 0 Å². The van der Waals surface area contributed by atoms with Crippen molar-refractivity contribution in [3.05, 3.63) is 22.2 Å². The molecule has 1 aliphatic rings. The minimum Gasteiger partial charge on any atom is -0.397 e. The molecule has 7 heteroatoms. The van der Waals surface area contributed by atoms with Crippen LogP contribution in [0.15, 0.2) is 6.07 Å². The molecular weight excluding hydrogens is 288 g/mol. The molecule has 3 rings (SSSR count). The van der Waals surface area contributed by atoms with Crippen molar-refractivity contribution in [3.8, 4) is 0 Å². The number of nitrogens with two attached hydrogens (primary N) is 2. The molecule has 0 aliphatic heterocycles. The van der Waals surface area contributed by atoms with Gasteiger partial charge >= 0.3 is 0 Å². The topological polar surface area (TPSA) is 111 Å². The fourth-order valence-corrected chi connectivity index (χ4v) is 3.59. The zero-order valence-electron chi connectivity index (χ0n) is 11.4. The van der Waals surface area contributed by atoms with Crippen LogP contribution in [0.25, 0.3) is 10.2 Å². The lowest BCUT2D eigenvalue weighted by Crippen LogP contribution is -2.33. The van der Waals surface area contributed by atoms with Crippen LogP contribution in [0.3, 0.4) is 0 Å². The van der Waals surface area contributed by atoms with Gasteiger partial charge in [-0.3, -0.25) is 9.59 Å². The first-order valence-corrected chi connectivity index (χ1v) is 7.65. The van der Waals surface area contributed by atoms with Gasteiger partial charge in [-0.15, -0.1) is 11.3 Å². The number of nitrogens with one attached hydrogen (secondary N) is 1. The Morgan fingerprint density at radius 3 is 2.86 bits per heavy atom. The van der Waals surface area contributed by atoms with E-state index in [4.69, 9.17) is 11.5 Å². The summed E-state index contributed by atoms with van der Waals surface area (Å²) in [6, 6.07) is 2.05. The van der Waals surface area contributed by atoms with Crippen molar-refractivity contribution < 1.29 is 9.59 Å². The number of pyridine rings is 1. The van der Waals surface area contributed by atoms with E-state index in [1.54, 1.807) is 0 Å². The largest absolute Gasteiger partial charge is 0.397 e. The van der Waals surface area contributed by atoms with Crippen LogP contribution < -0.4 is 16.8 Å². The highest BCUT2D eigenvalue weighted by atomic mass is 32.1. The van der Waals surface area contributed by atoms with E-state index < -0.39 is 5.91 Å². The first-order valence-electron chi connectivity index (χ1n) is 6.83. The number of aromatic nitrogens is 1. The van der Waals surface area contributed by atoms with E-state index in [-0.39, 0.29) is 12.5 Å². The van der Waals surface area contributed by atoms with E-state index in [9.17, 15) is 9.59 Å². The minimum atomic E-state index is -0.586. The molecule has 2 aromatic heterocycles. The molecule has 0 saturated heterocycles. The van der Waals surface area contributed by atoms with Crippen molar-refractivity contribution in [1.29, 1.82) is 0 Å². The van der Waals surface area contributed by atoms with E-state index in [1.807, 2.05) is 6.07 Å². The number of nitrogen functional groups attached to an aromatic ring is 1. The molecule has 21 heavy (non-hydrogen) atoms. The van der Waals surface area contributed by atoms with Gasteiger partial charge < -0.3 is 16.8 Å². The maximum Gasteiger partial charge on any atom is 0.264 e. The van der Waals surface area contributed by atoms with Crippen molar-refractivity contribution in [2.24, 2.45) is 5.73 Å². The quantitative estimate of drug-likeness (QED) is 0.784. The van der Waals surface area contributed by atoms with Crippen molar-refractivity contribution >= 4 is 39.1 Å². The SMILES string of the molecule is NC(=O)CNC(=O)c1sc2nc3c(cc2c1N)CCCC3. The molecule has 2 amide bonds. The highest BCUT2D eigenvalue weighted by molar-refractivity contribution is 7.21. The van der Waals surface area contributed by atoms with Crippen LogP contribution in [0.2, 0.25) is 0 Å². The Bertz CT molecular complexity index is 738. The molecule has 2 heterocycles. The fourth-order valence-electron chi connectivity index (χ4n) is 2.58. The predicted octanol–water partition coefficient (Wildman–Crippen LogP) is 0.972. The standard InChI is InChI=1S/C14H16N4O2S/c15-10(19)6-17-13(20)12-11(16)8-5-7-3-1-2-4-9(7)18-14(8)21-12/h5H,1-4,6,16H2,(H2,15,19)(H,17,20). The first kappa shape index (κ1) is 13.8. The first-order chi connectivity index (χ1) is 10.1. The van der Waals surface area contributed by atoms with Crippen LogP contribution in [0.1, 0.15) is 33.8 Å². The number of thiophene rings is 1. The molecular formula is C14H16N4O2S. The van der Waals surface area contributed by atoms with Gasteiger partial charge in [0.15, 0.2) is 0 Å². The highest BCUT2D eigenvalue weighted by Gasteiger charge is 2.20. The van der Waals surface area contributed by atoms with E-state index in [0.29, 0.717) is 10.6 Å². The van der Waals surface area contributed by atoms with E-state index in [2.05, 4.69) is 10.3 Å². The average Bonchev–Trinajstić information content (AvgIpc) is 2.79. The molecule has 0 saturated carbocycles. The molecule has 0 radical (unpaired) electrons. The number of amides is 2. The van der Waals surface area contributed by atoms with Gasteiger partial charge in [-0.25, -0.2) is 4.98 Å². The molecule has 5 N–H and O–H groups in total. The fraction of sp³-hybridized carbons (Fsp3) is 0.357. The number of fused-ring (bicyclic) bond motifs is 2. The number of rotatable bonds is 3. The van der Waals surface area contributed by atoms with Gasteiger partial charge in [0, 0.05) is 11.1 Å². The summed E-state index contributed by atoms with van der Waals surface area (Å²) >= 11 is 1.26. The summed E-state index contributed by atoms with van der Waals surface area (Å²) in [5, 5.41) is 3.28. The van der Waals surface area contributed by atoms with Gasteiger partial charge in [0.1, 0.15) is 9.71 Å². The summed E-state index contributed by atoms with van der Waals surface area (Å²) in [4.78, 5) is 28.6. The average molecular weight is 304 g/mol. The van der Waals surface area contributed by atoms with Gasteiger partial charge in [-0.05, 0) is 37.3 Å². The summed E-state index contributed by atoms with van der Waals surface area (Å²) in [7, 11) is 0. The summed E-state index contributed by atoms with van der Waals surface area (Å²) in [6.07, 6.45) is 4.30. The summed E-state index contributed by atoms with van der Waals surface area (Å²) in [5.41, 5.74) is 13.9.